The maximum atomic E-state index is 12.8. The van der Waals surface area contributed by atoms with Crippen LogP contribution in [0.4, 0.5) is 5.69 Å². The lowest BCUT2D eigenvalue weighted by Gasteiger charge is -2.16. The number of sulfonamides is 1. The third-order valence-electron chi connectivity index (χ3n) is 4.26. The molecule has 0 fully saturated rings. The van der Waals surface area contributed by atoms with Gasteiger partial charge in [-0.3, -0.25) is 9.59 Å². The molecule has 0 radical (unpaired) electrons. The molecule has 2 rings (SSSR count). The quantitative estimate of drug-likeness (QED) is 0.860. The molecule has 0 aliphatic heterocycles. The van der Waals surface area contributed by atoms with Crippen molar-refractivity contribution in [3.8, 4) is 0 Å². The van der Waals surface area contributed by atoms with E-state index < -0.39 is 15.9 Å². The van der Waals surface area contributed by atoms with E-state index in [4.69, 9.17) is 0 Å². The minimum Gasteiger partial charge on any atom is -0.326 e. The second-order valence-corrected chi connectivity index (χ2v) is 7.90. The van der Waals surface area contributed by atoms with Gasteiger partial charge in [-0.05, 0) is 74.2 Å². The number of hydrogen-bond donors (Lipinski definition) is 2. The second-order valence-electron chi connectivity index (χ2n) is 6.28. The molecule has 0 aliphatic carbocycles. The number of hydrogen-bond acceptors (Lipinski definition) is 4. The van der Waals surface area contributed by atoms with E-state index in [-0.39, 0.29) is 16.4 Å². The van der Waals surface area contributed by atoms with Gasteiger partial charge in [0, 0.05) is 18.2 Å². The van der Waals surface area contributed by atoms with Crippen molar-refractivity contribution in [1.82, 2.24) is 4.72 Å². The van der Waals surface area contributed by atoms with Crippen molar-refractivity contribution in [1.29, 1.82) is 0 Å². The van der Waals surface area contributed by atoms with Crippen molar-refractivity contribution < 1.29 is 18.0 Å². The van der Waals surface area contributed by atoms with Gasteiger partial charge in [0.15, 0.2) is 0 Å². The zero-order valence-corrected chi connectivity index (χ0v) is 16.2. The van der Waals surface area contributed by atoms with Gasteiger partial charge in [0.05, 0.1) is 4.90 Å². The lowest BCUT2D eigenvalue weighted by atomic mass is 10.0. The first-order valence-electron chi connectivity index (χ1n) is 8.05. The molecule has 2 aromatic carbocycles. The van der Waals surface area contributed by atoms with Crippen LogP contribution in [-0.4, -0.2) is 20.2 Å². The molecule has 0 atom stereocenters. The predicted octanol–water partition coefficient (Wildman–Crippen LogP) is 3.00. The van der Waals surface area contributed by atoms with Crippen LogP contribution >= 0.6 is 0 Å². The number of rotatable bonds is 4. The van der Waals surface area contributed by atoms with E-state index in [2.05, 4.69) is 10.0 Å². The molecule has 0 saturated carbocycles. The van der Waals surface area contributed by atoms with Crippen LogP contribution in [0.3, 0.4) is 0 Å². The molecular weight excluding hydrogens is 352 g/mol. The van der Waals surface area contributed by atoms with Crippen LogP contribution in [-0.2, 0) is 14.8 Å². The molecule has 0 aromatic heterocycles. The Kier molecular flexibility index (Phi) is 5.51. The summed E-state index contributed by atoms with van der Waals surface area (Å²) in [6, 6.07) is 7.91. The molecule has 6 nitrogen and oxygen atoms in total. The maximum Gasteiger partial charge on any atom is 0.264 e. The highest BCUT2D eigenvalue weighted by Gasteiger charge is 2.24. The average Bonchev–Trinajstić information content (AvgIpc) is 2.52. The fourth-order valence-electron chi connectivity index (χ4n) is 2.72. The smallest absolute Gasteiger partial charge is 0.264 e. The summed E-state index contributed by atoms with van der Waals surface area (Å²) in [5.41, 5.74) is 3.64. The van der Waals surface area contributed by atoms with Gasteiger partial charge >= 0.3 is 0 Å². The van der Waals surface area contributed by atoms with Crippen molar-refractivity contribution >= 4 is 27.5 Å². The first kappa shape index (κ1) is 19.7. The van der Waals surface area contributed by atoms with Crippen LogP contribution in [0.1, 0.15) is 39.5 Å². The van der Waals surface area contributed by atoms with Crippen LogP contribution < -0.4 is 10.0 Å². The molecule has 2 aromatic rings. The first-order chi connectivity index (χ1) is 12.0. The lowest BCUT2D eigenvalue weighted by Crippen LogP contribution is -2.32. The van der Waals surface area contributed by atoms with Crippen LogP contribution in [0.15, 0.2) is 35.2 Å². The largest absolute Gasteiger partial charge is 0.326 e. The molecule has 26 heavy (non-hydrogen) atoms. The van der Waals surface area contributed by atoms with Gasteiger partial charge in [-0.15, -0.1) is 0 Å². The predicted molar refractivity (Wildman–Crippen MR) is 101 cm³/mol. The van der Waals surface area contributed by atoms with Gasteiger partial charge in [-0.1, -0.05) is 6.07 Å². The zero-order valence-electron chi connectivity index (χ0n) is 15.4. The first-order valence-corrected chi connectivity index (χ1v) is 9.53. The standard InChI is InChI=1S/C19H22N2O4S/c1-11-10-12(2)14(4)18(13(11)3)26(24,25)21-19(23)16-6-8-17(9-7-16)20-15(5)22/h6-10H,1-5H3,(H,20,22)(H,21,23). The van der Waals surface area contributed by atoms with Crippen molar-refractivity contribution in [3.05, 3.63) is 58.1 Å². The molecule has 138 valence electrons. The molecular formula is C19H22N2O4S. The number of anilines is 1. The third kappa shape index (κ3) is 4.11. The molecule has 0 spiro atoms. The normalized spacial score (nSPS) is 11.1. The Hall–Kier alpha value is -2.67. The van der Waals surface area contributed by atoms with Crippen molar-refractivity contribution in [2.75, 3.05) is 5.32 Å². The monoisotopic (exact) mass is 374 g/mol. The van der Waals surface area contributed by atoms with E-state index in [0.717, 1.165) is 11.1 Å². The summed E-state index contributed by atoms with van der Waals surface area (Å²) < 4.78 is 27.7. The second kappa shape index (κ2) is 7.29. The number of amides is 2. The van der Waals surface area contributed by atoms with Crippen LogP contribution in [0.5, 0.6) is 0 Å². The fourth-order valence-corrected chi connectivity index (χ4v) is 4.32. The van der Waals surface area contributed by atoms with Gasteiger partial charge in [0.25, 0.3) is 15.9 Å². The highest BCUT2D eigenvalue weighted by molar-refractivity contribution is 7.90. The van der Waals surface area contributed by atoms with E-state index in [1.165, 1.54) is 31.2 Å². The van der Waals surface area contributed by atoms with Gasteiger partial charge < -0.3 is 5.32 Å². The van der Waals surface area contributed by atoms with Crippen molar-refractivity contribution in [3.63, 3.8) is 0 Å². The van der Waals surface area contributed by atoms with Gasteiger partial charge in [-0.25, -0.2) is 13.1 Å². The van der Waals surface area contributed by atoms with E-state index in [0.29, 0.717) is 16.8 Å². The Morgan fingerprint density at radius 3 is 1.85 bits per heavy atom. The van der Waals surface area contributed by atoms with Crippen LogP contribution in [0.2, 0.25) is 0 Å². The highest BCUT2D eigenvalue weighted by Crippen LogP contribution is 2.26. The fraction of sp³-hybridized carbons (Fsp3) is 0.263. The van der Waals surface area contributed by atoms with Crippen molar-refractivity contribution in [2.24, 2.45) is 0 Å². The molecule has 0 bridgehead atoms. The summed E-state index contributed by atoms with van der Waals surface area (Å²) in [7, 11) is -4.01. The molecule has 0 aliphatic rings. The summed E-state index contributed by atoms with van der Waals surface area (Å²) in [5, 5.41) is 2.58. The number of nitrogens with one attached hydrogen (secondary N) is 2. The van der Waals surface area contributed by atoms with Crippen LogP contribution in [0.25, 0.3) is 0 Å². The number of carbonyl (C=O) groups excluding carboxylic acids is 2. The lowest BCUT2D eigenvalue weighted by molar-refractivity contribution is -0.114. The van der Waals surface area contributed by atoms with E-state index >= 15 is 0 Å². The molecule has 2 amide bonds. The Bertz CT molecular complexity index is 951. The summed E-state index contributed by atoms with van der Waals surface area (Å²) in [6.45, 7) is 8.50. The Labute approximate surface area is 153 Å². The summed E-state index contributed by atoms with van der Waals surface area (Å²) >= 11 is 0. The Morgan fingerprint density at radius 2 is 1.38 bits per heavy atom. The molecule has 0 saturated heterocycles. The van der Waals surface area contributed by atoms with Gasteiger partial charge in [-0.2, -0.15) is 0 Å². The minimum absolute atomic E-state index is 0.137. The topological polar surface area (TPSA) is 92.3 Å². The molecule has 2 N–H and O–H groups in total. The third-order valence-corrected chi connectivity index (χ3v) is 5.86. The number of benzene rings is 2. The minimum atomic E-state index is -4.01. The van der Waals surface area contributed by atoms with E-state index in [9.17, 15) is 18.0 Å². The SMILES string of the molecule is CC(=O)Nc1ccc(C(=O)NS(=O)(=O)c2c(C)c(C)cc(C)c2C)cc1. The van der Waals surface area contributed by atoms with Gasteiger partial charge in [0.1, 0.15) is 0 Å². The molecule has 0 unspecified atom stereocenters. The van der Waals surface area contributed by atoms with Crippen LogP contribution in [0, 0.1) is 27.7 Å². The molecule has 0 heterocycles. The van der Waals surface area contributed by atoms with E-state index in [1.54, 1.807) is 13.8 Å². The Balaban J connectivity index is 2.33. The highest BCUT2D eigenvalue weighted by atomic mass is 32.2. The molecule has 7 heteroatoms. The summed E-state index contributed by atoms with van der Waals surface area (Å²) in [4.78, 5) is 23.5. The van der Waals surface area contributed by atoms with E-state index in [1.807, 2.05) is 19.9 Å². The average molecular weight is 374 g/mol. The number of aryl methyl sites for hydroxylation is 2. The van der Waals surface area contributed by atoms with Crippen molar-refractivity contribution in [2.45, 2.75) is 39.5 Å². The summed E-state index contributed by atoms with van der Waals surface area (Å²) in [6.07, 6.45) is 0. The summed E-state index contributed by atoms with van der Waals surface area (Å²) in [5.74, 6) is -0.956. The zero-order chi connectivity index (χ0) is 19.6. The number of carbonyl (C=O) groups is 2. The maximum absolute atomic E-state index is 12.8. The Morgan fingerprint density at radius 1 is 0.885 bits per heavy atom. The van der Waals surface area contributed by atoms with Gasteiger partial charge in [0.2, 0.25) is 5.91 Å².